The first kappa shape index (κ1) is 15.3. The van der Waals surface area contributed by atoms with Crippen LogP contribution in [0.4, 0.5) is 0 Å². The van der Waals surface area contributed by atoms with Crippen LogP contribution in [0.5, 0.6) is 5.75 Å². The van der Waals surface area contributed by atoms with Crippen LogP contribution in [-0.4, -0.2) is 29.9 Å². The highest BCUT2D eigenvalue weighted by atomic mass is 16.5. The molecule has 1 N–H and O–H groups in total. The molecule has 0 aliphatic heterocycles. The summed E-state index contributed by atoms with van der Waals surface area (Å²) in [4.78, 5) is 11.3. The maximum atomic E-state index is 11.3. The predicted molar refractivity (Wildman–Crippen MR) is 82.1 cm³/mol. The Kier molecular flexibility index (Phi) is 4.48. The molecule has 0 saturated heterocycles. The molecular formula is C17H20O4. The molecule has 0 heterocycles. The van der Waals surface area contributed by atoms with Gasteiger partial charge in [-0.15, -0.1) is 0 Å². The number of carboxylic acids is 1. The minimum atomic E-state index is -0.993. The second-order valence-corrected chi connectivity index (χ2v) is 5.81. The molecule has 4 nitrogen and oxygen atoms in total. The highest BCUT2D eigenvalue weighted by Crippen LogP contribution is 2.26. The van der Waals surface area contributed by atoms with Gasteiger partial charge >= 0.3 is 5.97 Å². The minimum absolute atomic E-state index is 0.171. The van der Waals surface area contributed by atoms with E-state index in [-0.39, 0.29) is 11.2 Å². The molecule has 0 aliphatic carbocycles. The Morgan fingerprint density at radius 3 is 2.29 bits per heavy atom. The highest BCUT2D eigenvalue weighted by molar-refractivity contribution is 5.97. The number of benzene rings is 2. The second-order valence-electron chi connectivity index (χ2n) is 5.81. The third kappa shape index (κ3) is 4.20. The first-order valence-corrected chi connectivity index (χ1v) is 6.90. The SMILES string of the molecule is CC(C)(C)OCCOc1cc2ccccc2cc1C(=O)O. The van der Waals surface area contributed by atoms with E-state index in [0.29, 0.717) is 19.0 Å². The Hall–Kier alpha value is -2.07. The Morgan fingerprint density at radius 1 is 1.10 bits per heavy atom. The van der Waals surface area contributed by atoms with Crippen LogP contribution in [0.2, 0.25) is 0 Å². The van der Waals surface area contributed by atoms with Crippen molar-refractivity contribution in [3.8, 4) is 5.75 Å². The first-order valence-electron chi connectivity index (χ1n) is 6.90. The molecule has 0 amide bonds. The zero-order valence-electron chi connectivity index (χ0n) is 12.6. The third-order valence-corrected chi connectivity index (χ3v) is 2.95. The van der Waals surface area contributed by atoms with Crippen molar-refractivity contribution in [1.82, 2.24) is 0 Å². The Morgan fingerprint density at radius 2 is 1.71 bits per heavy atom. The van der Waals surface area contributed by atoms with Crippen LogP contribution in [0.15, 0.2) is 36.4 Å². The minimum Gasteiger partial charge on any atom is -0.490 e. The van der Waals surface area contributed by atoms with Crippen molar-refractivity contribution < 1.29 is 19.4 Å². The zero-order valence-corrected chi connectivity index (χ0v) is 12.6. The fraction of sp³-hybridized carbons (Fsp3) is 0.353. The van der Waals surface area contributed by atoms with Gasteiger partial charge in [0, 0.05) is 0 Å². The van der Waals surface area contributed by atoms with Crippen molar-refractivity contribution in [1.29, 1.82) is 0 Å². The standard InChI is InChI=1S/C17H20O4/c1-17(2,3)21-9-8-20-15-11-13-7-5-4-6-12(13)10-14(15)16(18)19/h4-7,10-11H,8-9H2,1-3H3,(H,18,19). The van der Waals surface area contributed by atoms with Crippen molar-refractivity contribution in [2.75, 3.05) is 13.2 Å². The number of hydrogen-bond acceptors (Lipinski definition) is 3. The molecule has 0 aromatic heterocycles. The molecule has 21 heavy (non-hydrogen) atoms. The monoisotopic (exact) mass is 288 g/mol. The summed E-state index contributed by atoms with van der Waals surface area (Å²) in [6.45, 7) is 6.62. The Balaban J connectivity index is 2.17. The van der Waals surface area contributed by atoms with Gasteiger partial charge in [-0.1, -0.05) is 24.3 Å². The van der Waals surface area contributed by atoms with Gasteiger partial charge < -0.3 is 14.6 Å². The Bertz CT molecular complexity index is 641. The van der Waals surface area contributed by atoms with E-state index in [4.69, 9.17) is 9.47 Å². The van der Waals surface area contributed by atoms with Crippen LogP contribution in [0.3, 0.4) is 0 Å². The molecule has 2 aromatic rings. The highest BCUT2D eigenvalue weighted by Gasteiger charge is 2.14. The molecule has 0 fully saturated rings. The maximum absolute atomic E-state index is 11.3. The van der Waals surface area contributed by atoms with Crippen molar-refractivity contribution in [3.05, 3.63) is 42.0 Å². The molecule has 0 atom stereocenters. The normalized spacial score (nSPS) is 11.6. The molecule has 112 valence electrons. The largest absolute Gasteiger partial charge is 0.490 e. The number of aromatic carboxylic acids is 1. The number of ether oxygens (including phenoxy) is 2. The van der Waals surface area contributed by atoms with Gasteiger partial charge in [-0.2, -0.15) is 0 Å². The zero-order chi connectivity index (χ0) is 15.5. The number of carbonyl (C=O) groups is 1. The molecule has 0 saturated carbocycles. The summed E-state index contributed by atoms with van der Waals surface area (Å²) in [5, 5.41) is 11.1. The van der Waals surface area contributed by atoms with Crippen LogP contribution >= 0.6 is 0 Å². The predicted octanol–water partition coefficient (Wildman–Crippen LogP) is 3.73. The van der Waals surface area contributed by atoms with E-state index in [0.717, 1.165) is 10.8 Å². The molecule has 0 unspecified atom stereocenters. The fourth-order valence-electron chi connectivity index (χ4n) is 2.01. The maximum Gasteiger partial charge on any atom is 0.339 e. The topological polar surface area (TPSA) is 55.8 Å². The number of fused-ring (bicyclic) bond motifs is 1. The van der Waals surface area contributed by atoms with Gasteiger partial charge in [-0.25, -0.2) is 4.79 Å². The quantitative estimate of drug-likeness (QED) is 0.852. The lowest BCUT2D eigenvalue weighted by molar-refractivity contribution is -0.0164. The van der Waals surface area contributed by atoms with E-state index in [1.807, 2.05) is 45.0 Å². The smallest absolute Gasteiger partial charge is 0.339 e. The van der Waals surface area contributed by atoms with Gasteiger partial charge in [0.05, 0.1) is 12.2 Å². The van der Waals surface area contributed by atoms with Crippen molar-refractivity contribution in [2.24, 2.45) is 0 Å². The van der Waals surface area contributed by atoms with E-state index < -0.39 is 5.97 Å². The number of carboxylic acid groups (broad SMARTS) is 1. The summed E-state index contributed by atoms with van der Waals surface area (Å²) in [6, 6.07) is 11.0. The van der Waals surface area contributed by atoms with Gasteiger partial charge in [0.15, 0.2) is 0 Å². The molecule has 0 spiro atoms. The van der Waals surface area contributed by atoms with Gasteiger partial charge in [-0.05, 0) is 43.7 Å². The summed E-state index contributed by atoms with van der Waals surface area (Å²) < 4.78 is 11.2. The van der Waals surface area contributed by atoms with Crippen LogP contribution < -0.4 is 4.74 Å². The van der Waals surface area contributed by atoms with E-state index in [1.54, 1.807) is 12.1 Å². The molecular weight excluding hydrogens is 268 g/mol. The van der Waals surface area contributed by atoms with Crippen molar-refractivity contribution in [3.63, 3.8) is 0 Å². The lowest BCUT2D eigenvalue weighted by Crippen LogP contribution is -2.22. The Labute approximate surface area is 124 Å². The molecule has 0 bridgehead atoms. The average molecular weight is 288 g/mol. The van der Waals surface area contributed by atoms with E-state index >= 15 is 0 Å². The van der Waals surface area contributed by atoms with E-state index in [1.165, 1.54) is 0 Å². The first-order chi connectivity index (χ1) is 9.87. The van der Waals surface area contributed by atoms with Crippen LogP contribution in [0.1, 0.15) is 31.1 Å². The average Bonchev–Trinajstić information content (AvgIpc) is 2.41. The summed E-state index contributed by atoms with van der Waals surface area (Å²) in [6.07, 6.45) is 0. The number of hydrogen-bond donors (Lipinski definition) is 1. The third-order valence-electron chi connectivity index (χ3n) is 2.95. The van der Waals surface area contributed by atoms with Crippen molar-refractivity contribution in [2.45, 2.75) is 26.4 Å². The second kappa shape index (κ2) is 6.14. The lowest BCUT2D eigenvalue weighted by Gasteiger charge is -2.19. The summed E-state index contributed by atoms with van der Waals surface area (Å²) >= 11 is 0. The summed E-state index contributed by atoms with van der Waals surface area (Å²) in [5.41, 5.74) is -0.0630. The van der Waals surface area contributed by atoms with Gasteiger partial charge in [0.2, 0.25) is 0 Å². The molecule has 2 aromatic carbocycles. The molecule has 0 aliphatic rings. The molecule has 2 rings (SSSR count). The summed E-state index contributed by atoms with van der Waals surface area (Å²) in [7, 11) is 0. The van der Waals surface area contributed by atoms with Crippen LogP contribution in [0, 0.1) is 0 Å². The molecule has 4 heteroatoms. The summed E-state index contributed by atoms with van der Waals surface area (Å²) in [5.74, 6) is -0.619. The van der Waals surface area contributed by atoms with Gasteiger partial charge in [0.1, 0.15) is 17.9 Å². The van der Waals surface area contributed by atoms with Gasteiger partial charge in [-0.3, -0.25) is 0 Å². The van der Waals surface area contributed by atoms with Crippen molar-refractivity contribution >= 4 is 16.7 Å². The molecule has 0 radical (unpaired) electrons. The van der Waals surface area contributed by atoms with Crippen LogP contribution in [-0.2, 0) is 4.74 Å². The fourth-order valence-corrected chi connectivity index (χ4v) is 2.01. The van der Waals surface area contributed by atoms with E-state index in [9.17, 15) is 9.90 Å². The van der Waals surface area contributed by atoms with Crippen LogP contribution in [0.25, 0.3) is 10.8 Å². The van der Waals surface area contributed by atoms with E-state index in [2.05, 4.69) is 0 Å². The number of rotatable bonds is 5. The lowest BCUT2D eigenvalue weighted by atomic mass is 10.1. The van der Waals surface area contributed by atoms with Gasteiger partial charge in [0.25, 0.3) is 0 Å².